The number of hydrogen-bond acceptors (Lipinski definition) is 6. The van der Waals surface area contributed by atoms with Crippen molar-refractivity contribution in [3.05, 3.63) is 18.6 Å². The second-order valence-corrected chi connectivity index (χ2v) is 7.14. The zero-order chi connectivity index (χ0) is 17.5. The molecule has 3 aliphatic rings. The van der Waals surface area contributed by atoms with Gasteiger partial charge in [-0.2, -0.15) is 0 Å². The molecule has 2 atom stereocenters. The molecule has 3 aliphatic heterocycles. The van der Waals surface area contributed by atoms with Crippen molar-refractivity contribution < 1.29 is 13.6 Å². The summed E-state index contributed by atoms with van der Waals surface area (Å²) in [6.45, 7) is 1.61. The molecule has 0 aromatic carbocycles. The minimum atomic E-state index is -2.79. The molecule has 1 aromatic rings. The van der Waals surface area contributed by atoms with E-state index in [-0.39, 0.29) is 38.0 Å². The number of aromatic nitrogens is 2. The average Bonchev–Trinajstić information content (AvgIpc) is 3.29. The molecule has 136 valence electrons. The number of piperidine rings is 1. The summed E-state index contributed by atoms with van der Waals surface area (Å²) in [6, 6.07) is -0.318. The zero-order valence-corrected chi connectivity index (χ0v) is 13.9. The lowest BCUT2D eigenvalue weighted by Gasteiger charge is -2.46. The van der Waals surface area contributed by atoms with E-state index in [0.29, 0.717) is 31.7 Å². The van der Waals surface area contributed by atoms with Crippen LogP contribution in [0.15, 0.2) is 18.6 Å². The van der Waals surface area contributed by atoms with Crippen LogP contribution < -0.4 is 15.8 Å². The number of nitrogens with one attached hydrogen (secondary N) is 2. The SMILES string of the molecule is O=C(C1CCNN1)N1CCC(F)(F)C2(CCN(c3cnccn3)C2)C1. The molecule has 1 aromatic heterocycles. The van der Waals surface area contributed by atoms with Crippen LogP contribution in [-0.2, 0) is 4.79 Å². The van der Waals surface area contributed by atoms with E-state index in [4.69, 9.17) is 0 Å². The molecular formula is C16H22F2N6O. The van der Waals surface area contributed by atoms with E-state index in [1.54, 1.807) is 23.5 Å². The molecule has 0 saturated carbocycles. The minimum Gasteiger partial charge on any atom is -0.354 e. The molecule has 4 rings (SSSR count). The van der Waals surface area contributed by atoms with Crippen molar-refractivity contribution in [2.45, 2.75) is 31.2 Å². The fraction of sp³-hybridized carbons (Fsp3) is 0.688. The second kappa shape index (κ2) is 6.14. The van der Waals surface area contributed by atoms with Gasteiger partial charge in [-0.25, -0.2) is 19.2 Å². The molecule has 0 radical (unpaired) electrons. The average molecular weight is 352 g/mol. The Kier molecular flexibility index (Phi) is 4.07. The highest BCUT2D eigenvalue weighted by molar-refractivity contribution is 5.82. The third kappa shape index (κ3) is 2.85. The highest BCUT2D eigenvalue weighted by atomic mass is 19.3. The van der Waals surface area contributed by atoms with Crippen molar-refractivity contribution in [2.75, 3.05) is 37.6 Å². The standard InChI is InChI=1S/C16H22F2N6O/c17-16(18)3-8-24(14(25)12-1-4-21-22-12)11-15(16)2-7-23(10-15)13-9-19-5-6-20-13/h5-6,9,12,21-22H,1-4,7-8,10-11H2. The van der Waals surface area contributed by atoms with Gasteiger partial charge in [0.2, 0.25) is 5.91 Å². The fourth-order valence-corrected chi connectivity index (χ4v) is 4.13. The molecule has 0 aliphatic carbocycles. The van der Waals surface area contributed by atoms with Crippen LogP contribution in [0.2, 0.25) is 0 Å². The Morgan fingerprint density at radius 2 is 2.12 bits per heavy atom. The van der Waals surface area contributed by atoms with Crippen molar-refractivity contribution >= 4 is 11.7 Å². The van der Waals surface area contributed by atoms with Crippen molar-refractivity contribution in [3.63, 3.8) is 0 Å². The van der Waals surface area contributed by atoms with E-state index in [2.05, 4.69) is 20.8 Å². The van der Waals surface area contributed by atoms with Crippen LogP contribution in [0.4, 0.5) is 14.6 Å². The van der Waals surface area contributed by atoms with Crippen LogP contribution in [0, 0.1) is 5.41 Å². The highest BCUT2D eigenvalue weighted by Crippen LogP contribution is 2.50. The maximum Gasteiger partial charge on any atom is 0.258 e. The van der Waals surface area contributed by atoms with Gasteiger partial charge in [0, 0.05) is 51.5 Å². The summed E-state index contributed by atoms with van der Waals surface area (Å²) in [5.41, 5.74) is 4.64. The first-order valence-electron chi connectivity index (χ1n) is 8.67. The number of halogens is 2. The summed E-state index contributed by atoms with van der Waals surface area (Å²) >= 11 is 0. The van der Waals surface area contributed by atoms with Gasteiger partial charge in [-0.15, -0.1) is 0 Å². The number of alkyl halides is 2. The quantitative estimate of drug-likeness (QED) is 0.803. The van der Waals surface area contributed by atoms with Crippen molar-refractivity contribution in [2.24, 2.45) is 5.41 Å². The van der Waals surface area contributed by atoms with Crippen LogP contribution in [-0.4, -0.2) is 65.5 Å². The summed E-state index contributed by atoms with van der Waals surface area (Å²) in [6.07, 6.45) is 5.47. The third-order valence-corrected chi connectivity index (χ3v) is 5.64. The Hall–Kier alpha value is -1.87. The number of rotatable bonds is 2. The van der Waals surface area contributed by atoms with Crippen LogP contribution in [0.1, 0.15) is 19.3 Å². The number of nitrogens with zero attached hydrogens (tertiary/aromatic N) is 4. The summed E-state index contributed by atoms with van der Waals surface area (Å²) in [5, 5.41) is 0. The van der Waals surface area contributed by atoms with Gasteiger partial charge in [0.25, 0.3) is 5.92 Å². The van der Waals surface area contributed by atoms with Crippen molar-refractivity contribution in [1.29, 1.82) is 0 Å². The van der Waals surface area contributed by atoms with E-state index in [0.717, 1.165) is 0 Å². The Morgan fingerprint density at radius 1 is 1.24 bits per heavy atom. The summed E-state index contributed by atoms with van der Waals surface area (Å²) < 4.78 is 29.7. The Balaban J connectivity index is 1.53. The molecule has 4 heterocycles. The fourth-order valence-electron chi connectivity index (χ4n) is 4.13. The third-order valence-electron chi connectivity index (χ3n) is 5.64. The maximum absolute atomic E-state index is 14.8. The molecule has 2 unspecified atom stereocenters. The van der Waals surface area contributed by atoms with Crippen LogP contribution >= 0.6 is 0 Å². The first kappa shape index (κ1) is 16.6. The van der Waals surface area contributed by atoms with Gasteiger partial charge >= 0.3 is 0 Å². The summed E-state index contributed by atoms with van der Waals surface area (Å²) in [5.74, 6) is -2.26. The largest absolute Gasteiger partial charge is 0.354 e. The minimum absolute atomic E-state index is 0.0853. The predicted octanol–water partition coefficient (Wildman–Crippen LogP) is 0.407. The predicted molar refractivity (Wildman–Crippen MR) is 87.0 cm³/mol. The van der Waals surface area contributed by atoms with Crippen molar-refractivity contribution in [1.82, 2.24) is 25.7 Å². The molecule has 25 heavy (non-hydrogen) atoms. The van der Waals surface area contributed by atoms with Crippen LogP contribution in [0.25, 0.3) is 0 Å². The molecule has 2 N–H and O–H groups in total. The smallest absolute Gasteiger partial charge is 0.258 e. The number of likely N-dealkylation sites (tertiary alicyclic amines) is 1. The first-order chi connectivity index (χ1) is 12.0. The normalized spacial score (nSPS) is 31.7. The van der Waals surface area contributed by atoms with Gasteiger partial charge in [0.05, 0.1) is 11.6 Å². The maximum atomic E-state index is 14.8. The zero-order valence-electron chi connectivity index (χ0n) is 13.9. The number of carbonyl (C=O) groups excluding carboxylic acids is 1. The van der Waals surface area contributed by atoms with E-state index in [9.17, 15) is 13.6 Å². The molecule has 1 amide bonds. The molecule has 3 saturated heterocycles. The lowest BCUT2D eigenvalue weighted by molar-refractivity contribution is -0.169. The summed E-state index contributed by atoms with van der Waals surface area (Å²) in [7, 11) is 0. The number of anilines is 1. The molecule has 7 nitrogen and oxygen atoms in total. The van der Waals surface area contributed by atoms with Crippen molar-refractivity contribution in [3.8, 4) is 0 Å². The van der Waals surface area contributed by atoms with Gasteiger partial charge in [-0.1, -0.05) is 0 Å². The van der Waals surface area contributed by atoms with Gasteiger partial charge in [0.1, 0.15) is 11.9 Å². The van der Waals surface area contributed by atoms with Crippen LogP contribution in [0.5, 0.6) is 0 Å². The number of hydrazine groups is 1. The van der Waals surface area contributed by atoms with E-state index in [1.807, 2.05) is 4.90 Å². The van der Waals surface area contributed by atoms with Gasteiger partial charge < -0.3 is 9.80 Å². The molecule has 0 bridgehead atoms. The lowest BCUT2D eigenvalue weighted by atomic mass is 9.75. The van der Waals surface area contributed by atoms with Gasteiger partial charge in [0.15, 0.2) is 0 Å². The van der Waals surface area contributed by atoms with E-state index >= 15 is 0 Å². The molecular weight excluding hydrogens is 330 g/mol. The van der Waals surface area contributed by atoms with Crippen LogP contribution in [0.3, 0.4) is 0 Å². The van der Waals surface area contributed by atoms with E-state index in [1.165, 1.54) is 0 Å². The molecule has 1 spiro atoms. The highest BCUT2D eigenvalue weighted by Gasteiger charge is 2.60. The number of hydrogen-bond donors (Lipinski definition) is 2. The number of carbonyl (C=O) groups is 1. The van der Waals surface area contributed by atoms with Gasteiger partial charge in [-0.05, 0) is 12.8 Å². The molecule has 9 heteroatoms. The number of amides is 1. The monoisotopic (exact) mass is 352 g/mol. The Morgan fingerprint density at radius 3 is 2.84 bits per heavy atom. The topological polar surface area (TPSA) is 73.4 Å². The lowest BCUT2D eigenvalue weighted by Crippen LogP contribution is -2.60. The first-order valence-corrected chi connectivity index (χ1v) is 8.67. The van der Waals surface area contributed by atoms with E-state index < -0.39 is 11.3 Å². The summed E-state index contributed by atoms with van der Waals surface area (Å²) in [4.78, 5) is 24.4. The Bertz CT molecular complexity index is 639. The van der Waals surface area contributed by atoms with Gasteiger partial charge in [-0.3, -0.25) is 15.2 Å². The second-order valence-electron chi connectivity index (χ2n) is 7.14. The Labute approximate surface area is 144 Å². The molecule has 3 fully saturated rings.